The average Bonchev–Trinajstić information content (AvgIpc) is 3.54. The number of rotatable bonds is 8. The predicted molar refractivity (Wildman–Crippen MR) is 128 cm³/mol. The van der Waals surface area contributed by atoms with E-state index >= 15 is 0 Å². The van der Waals surface area contributed by atoms with Gasteiger partial charge in [-0.15, -0.1) is 11.8 Å². The summed E-state index contributed by atoms with van der Waals surface area (Å²) in [6.07, 6.45) is 4.70. The fourth-order valence-electron chi connectivity index (χ4n) is 6.39. The van der Waals surface area contributed by atoms with E-state index in [1.807, 2.05) is 0 Å². The van der Waals surface area contributed by atoms with Gasteiger partial charge in [-0.05, 0) is 25.7 Å². The van der Waals surface area contributed by atoms with Crippen LogP contribution in [0, 0.1) is 5.92 Å². The first-order chi connectivity index (χ1) is 16.2. The van der Waals surface area contributed by atoms with Crippen LogP contribution in [0.15, 0.2) is 0 Å². The van der Waals surface area contributed by atoms with E-state index in [1.165, 1.54) is 11.8 Å². The lowest BCUT2D eigenvalue weighted by molar-refractivity contribution is -0.719. The van der Waals surface area contributed by atoms with Crippen LogP contribution in [-0.2, 0) is 14.8 Å². The van der Waals surface area contributed by atoms with Crippen LogP contribution in [0.2, 0.25) is 0 Å². The molecule has 1 aliphatic carbocycles. The number of aliphatic hydroxyl groups is 1. The maximum atomic E-state index is 11.6. The Morgan fingerprint density at radius 1 is 1.26 bits per heavy atom. The molecule has 12 nitrogen and oxygen atoms in total. The van der Waals surface area contributed by atoms with Gasteiger partial charge in [0.1, 0.15) is 29.7 Å². The number of nitrogens with two attached hydrogens (primary N) is 2. The standard InChI is InChI=1S/C20H40N8O4S2/c21-7-12-5-11-6-20(29,4-3-14(11)26-12)9-32-18-16-17(25-10-24-16)27-19(28-18)23-8-13-1-2-15(33-13)34(22,30)31/h11-19,23-29H,1-10,21H2,(H2,22,30,31)/p+2/t11-,12-,13?,14-,15?,16?,17?,18?,19?,20+/m1/s1. The van der Waals surface area contributed by atoms with Crippen molar-refractivity contribution in [3.63, 3.8) is 0 Å². The van der Waals surface area contributed by atoms with Gasteiger partial charge in [-0.1, -0.05) is 0 Å². The van der Waals surface area contributed by atoms with Gasteiger partial charge in [-0.3, -0.25) is 26.6 Å². The molecule has 4 heterocycles. The Morgan fingerprint density at radius 2 is 2.12 bits per heavy atom. The molecule has 34 heavy (non-hydrogen) atoms. The van der Waals surface area contributed by atoms with Gasteiger partial charge in [-0.25, -0.2) is 13.6 Å². The number of hydrogen-bond donors (Lipinski definition) is 9. The van der Waals surface area contributed by atoms with Crippen LogP contribution < -0.4 is 42.8 Å². The van der Waals surface area contributed by atoms with Crippen LogP contribution in [0.3, 0.4) is 0 Å². The molecule has 13 N–H and O–H groups in total. The Kier molecular flexibility index (Phi) is 7.77. The first-order valence-electron chi connectivity index (χ1n) is 12.6. The summed E-state index contributed by atoms with van der Waals surface area (Å²) in [6.45, 7) is 2.60. The van der Waals surface area contributed by atoms with Gasteiger partial charge in [-0.2, -0.15) is 0 Å². The van der Waals surface area contributed by atoms with Crippen molar-refractivity contribution in [3.8, 4) is 0 Å². The Hall–Kier alpha value is -0.100. The third kappa shape index (κ3) is 5.73. The number of ether oxygens (including phenoxy) is 1. The average molecular weight is 523 g/mol. The van der Waals surface area contributed by atoms with Gasteiger partial charge in [0.15, 0.2) is 0 Å². The molecular weight excluding hydrogens is 480 g/mol. The highest BCUT2D eigenvalue weighted by molar-refractivity contribution is 8.13. The zero-order valence-corrected chi connectivity index (χ0v) is 21.3. The van der Waals surface area contributed by atoms with Gasteiger partial charge in [0.25, 0.3) is 0 Å². The quantitative estimate of drug-likeness (QED) is 0.149. The molecule has 0 amide bonds. The highest BCUT2D eigenvalue weighted by Gasteiger charge is 2.48. The van der Waals surface area contributed by atoms with Crippen LogP contribution in [0.4, 0.5) is 0 Å². The van der Waals surface area contributed by atoms with Gasteiger partial charge in [0, 0.05) is 37.2 Å². The minimum absolute atomic E-state index is 0.0322. The van der Waals surface area contributed by atoms with Gasteiger partial charge in [0.2, 0.25) is 10.0 Å². The Morgan fingerprint density at radius 3 is 2.88 bits per heavy atom. The largest absolute Gasteiger partial charge is 0.387 e. The van der Waals surface area contributed by atoms with E-state index in [4.69, 9.17) is 9.88 Å². The molecular formula is C20H42N8O4S2+2. The van der Waals surface area contributed by atoms with E-state index < -0.39 is 20.2 Å². The van der Waals surface area contributed by atoms with E-state index in [0.29, 0.717) is 44.2 Å². The summed E-state index contributed by atoms with van der Waals surface area (Å²) in [5.74, 6) is 0.536. The summed E-state index contributed by atoms with van der Waals surface area (Å²) in [5, 5.41) is 36.6. The lowest BCUT2D eigenvalue weighted by atomic mass is 9.75. The fraction of sp³-hybridized carbons (Fsp3) is 1.00. The summed E-state index contributed by atoms with van der Waals surface area (Å²) in [5.41, 5.74) is 3.28. The third-order valence-electron chi connectivity index (χ3n) is 8.22. The summed E-state index contributed by atoms with van der Waals surface area (Å²) < 4.78 is 29.1. The molecule has 5 aliphatic rings. The van der Waals surface area contributed by atoms with Crippen LogP contribution in [0.5, 0.6) is 0 Å². The van der Waals surface area contributed by atoms with E-state index in [9.17, 15) is 13.5 Å². The maximum Gasteiger partial charge on any atom is 0.221 e. The summed E-state index contributed by atoms with van der Waals surface area (Å²) >= 11 is 1.43. The summed E-state index contributed by atoms with van der Waals surface area (Å²) in [6, 6.07) is 1.25. The predicted octanol–water partition coefficient (Wildman–Crippen LogP) is -4.77. The molecule has 14 heteroatoms. The number of primary sulfonamides is 1. The topological polar surface area (TPSA) is 194 Å². The van der Waals surface area contributed by atoms with Crippen LogP contribution in [0.25, 0.3) is 0 Å². The van der Waals surface area contributed by atoms with Crippen molar-refractivity contribution in [1.29, 1.82) is 0 Å². The second-order valence-corrected chi connectivity index (χ2v) is 14.3. The second-order valence-electron chi connectivity index (χ2n) is 10.7. The minimum atomic E-state index is -3.50. The molecule has 0 aromatic carbocycles. The number of sulfonamides is 1. The summed E-state index contributed by atoms with van der Waals surface area (Å²) in [7, 11) is -3.50. The Bertz CT molecular complexity index is 824. The van der Waals surface area contributed by atoms with E-state index in [-0.39, 0.29) is 30.0 Å². The van der Waals surface area contributed by atoms with Gasteiger partial charge >= 0.3 is 0 Å². The SMILES string of the molecule is NS(=O)(=O)C1CCC(CNC2NC3NCNC3C(OC[C@]3(O)CC[C@H]4[NH2+][C@@H](C[NH3+])C[C@@H]4C3)N2)S1. The molecule has 0 radical (unpaired) electrons. The van der Waals surface area contributed by atoms with E-state index in [1.54, 1.807) is 0 Å². The second kappa shape index (κ2) is 10.3. The molecule has 1 saturated carbocycles. The number of thioether (sulfide) groups is 1. The van der Waals surface area contributed by atoms with Crippen molar-refractivity contribution in [2.75, 3.05) is 26.4 Å². The number of quaternary nitrogens is 2. The Balaban J connectivity index is 1.13. The van der Waals surface area contributed by atoms with Crippen molar-refractivity contribution >= 4 is 21.8 Å². The van der Waals surface area contributed by atoms with E-state index in [2.05, 4.69) is 37.6 Å². The van der Waals surface area contributed by atoms with E-state index in [0.717, 1.165) is 38.6 Å². The van der Waals surface area contributed by atoms with Gasteiger partial charge in [0.05, 0.1) is 30.5 Å². The molecule has 0 aromatic heterocycles. The molecule has 196 valence electrons. The lowest BCUT2D eigenvalue weighted by Crippen LogP contribution is -2.95. The minimum Gasteiger partial charge on any atom is -0.387 e. The van der Waals surface area contributed by atoms with Crippen molar-refractivity contribution < 1.29 is 29.3 Å². The molecule has 0 aromatic rings. The number of fused-ring (bicyclic) bond motifs is 2. The zero-order chi connectivity index (χ0) is 23.9. The molecule has 5 fully saturated rings. The van der Waals surface area contributed by atoms with Crippen LogP contribution in [0.1, 0.15) is 38.5 Å². The normalized spacial score (nSPS) is 47.0. The maximum absolute atomic E-state index is 11.6. The van der Waals surface area contributed by atoms with Crippen LogP contribution >= 0.6 is 11.8 Å². The summed E-state index contributed by atoms with van der Waals surface area (Å²) in [4.78, 5) is 0. The van der Waals surface area contributed by atoms with Crippen LogP contribution in [-0.4, -0.2) is 92.1 Å². The molecule has 4 saturated heterocycles. The number of hydrogen-bond acceptors (Lipinski definition) is 10. The monoisotopic (exact) mass is 522 g/mol. The molecule has 0 spiro atoms. The van der Waals surface area contributed by atoms with Crippen molar-refractivity contribution in [3.05, 3.63) is 0 Å². The first kappa shape index (κ1) is 25.5. The molecule has 5 rings (SSSR count). The first-order valence-corrected chi connectivity index (χ1v) is 15.2. The fourth-order valence-corrected chi connectivity index (χ4v) is 9.11. The lowest BCUT2D eigenvalue weighted by Gasteiger charge is -2.43. The van der Waals surface area contributed by atoms with Crippen molar-refractivity contribution in [2.45, 2.75) is 90.8 Å². The van der Waals surface area contributed by atoms with Crippen molar-refractivity contribution in [2.24, 2.45) is 11.1 Å². The van der Waals surface area contributed by atoms with Crippen molar-refractivity contribution in [1.82, 2.24) is 26.6 Å². The smallest absolute Gasteiger partial charge is 0.221 e. The Labute approximate surface area is 205 Å². The molecule has 4 aliphatic heterocycles. The number of nitrogens with one attached hydrogen (secondary N) is 5. The molecule has 0 bridgehead atoms. The highest BCUT2D eigenvalue weighted by Crippen LogP contribution is 2.37. The third-order valence-corrected chi connectivity index (χ3v) is 11.7. The molecule has 6 unspecified atom stereocenters. The highest BCUT2D eigenvalue weighted by atomic mass is 32.3. The zero-order valence-electron chi connectivity index (χ0n) is 19.6. The molecule has 10 atom stereocenters. The van der Waals surface area contributed by atoms with Gasteiger partial charge < -0.3 is 20.9 Å².